The highest BCUT2D eigenvalue weighted by Crippen LogP contribution is 2.30. The van der Waals surface area contributed by atoms with E-state index in [4.69, 9.17) is 10.5 Å². The summed E-state index contributed by atoms with van der Waals surface area (Å²) in [5.41, 5.74) is 6.02. The molecular weight excluding hydrogens is 217 g/mol. The summed E-state index contributed by atoms with van der Waals surface area (Å²) in [7, 11) is 0. The van der Waals surface area contributed by atoms with Crippen LogP contribution in [0.15, 0.2) is 18.2 Å². The summed E-state index contributed by atoms with van der Waals surface area (Å²) in [4.78, 5) is 0. The summed E-state index contributed by atoms with van der Waals surface area (Å²) in [6.07, 6.45) is 6.05. The summed E-state index contributed by atoms with van der Waals surface area (Å²) in [6, 6.07) is 4.41. The van der Waals surface area contributed by atoms with Gasteiger partial charge in [-0.05, 0) is 31.2 Å². The molecule has 1 fully saturated rings. The molecule has 2 unspecified atom stereocenters. The first kappa shape index (κ1) is 12.2. The van der Waals surface area contributed by atoms with Crippen molar-refractivity contribution in [2.75, 3.05) is 5.73 Å². The fourth-order valence-corrected chi connectivity index (χ4v) is 2.56. The molecular formula is C14H20FNO. The maximum Gasteiger partial charge on any atom is 0.128 e. The molecule has 2 atom stereocenters. The molecule has 1 aliphatic carbocycles. The van der Waals surface area contributed by atoms with Crippen LogP contribution in [0.25, 0.3) is 0 Å². The van der Waals surface area contributed by atoms with Gasteiger partial charge in [0.1, 0.15) is 11.6 Å². The molecule has 3 heteroatoms. The standard InChI is InChI=1S/C14H20FNO/c1-2-10-4-3-5-13(6-10)17-14-8-11(15)7-12(16)9-14/h7-10,13H,2-6,16H2,1H3. The van der Waals surface area contributed by atoms with Crippen LogP contribution in [0.3, 0.4) is 0 Å². The predicted molar refractivity (Wildman–Crippen MR) is 67.5 cm³/mol. The largest absolute Gasteiger partial charge is 0.490 e. The van der Waals surface area contributed by atoms with Gasteiger partial charge >= 0.3 is 0 Å². The number of benzene rings is 1. The van der Waals surface area contributed by atoms with E-state index >= 15 is 0 Å². The lowest BCUT2D eigenvalue weighted by atomic mass is 9.85. The smallest absolute Gasteiger partial charge is 0.128 e. The van der Waals surface area contributed by atoms with Crippen molar-refractivity contribution in [1.82, 2.24) is 0 Å². The second-order valence-electron chi connectivity index (χ2n) is 4.90. The minimum absolute atomic E-state index is 0.217. The highest BCUT2D eigenvalue weighted by molar-refractivity contribution is 5.44. The molecule has 1 saturated carbocycles. The van der Waals surface area contributed by atoms with E-state index in [0.29, 0.717) is 11.4 Å². The zero-order chi connectivity index (χ0) is 12.3. The molecule has 0 heterocycles. The fraction of sp³-hybridized carbons (Fsp3) is 0.571. The van der Waals surface area contributed by atoms with E-state index in [9.17, 15) is 4.39 Å². The second kappa shape index (κ2) is 5.39. The van der Waals surface area contributed by atoms with Crippen molar-refractivity contribution in [3.8, 4) is 5.75 Å². The van der Waals surface area contributed by atoms with Gasteiger partial charge in [-0.3, -0.25) is 0 Å². The molecule has 17 heavy (non-hydrogen) atoms. The van der Waals surface area contributed by atoms with Crippen LogP contribution in [0.1, 0.15) is 39.0 Å². The molecule has 0 aromatic heterocycles. The third kappa shape index (κ3) is 3.35. The number of nitrogens with two attached hydrogens (primary N) is 1. The SMILES string of the molecule is CCC1CCCC(Oc2cc(N)cc(F)c2)C1. The van der Waals surface area contributed by atoms with Crippen molar-refractivity contribution < 1.29 is 9.13 Å². The van der Waals surface area contributed by atoms with E-state index in [1.807, 2.05) is 0 Å². The molecule has 0 saturated heterocycles. The summed E-state index contributed by atoms with van der Waals surface area (Å²) in [6.45, 7) is 2.22. The molecule has 94 valence electrons. The normalized spacial score (nSPS) is 24.6. The first-order valence-corrected chi connectivity index (χ1v) is 6.40. The molecule has 0 radical (unpaired) electrons. The molecule has 1 aromatic carbocycles. The Bertz CT molecular complexity index is 360. The fourth-order valence-electron chi connectivity index (χ4n) is 2.56. The average molecular weight is 237 g/mol. The van der Waals surface area contributed by atoms with E-state index in [-0.39, 0.29) is 11.9 Å². The quantitative estimate of drug-likeness (QED) is 0.812. The number of hydrogen-bond acceptors (Lipinski definition) is 2. The van der Waals surface area contributed by atoms with Gasteiger partial charge in [-0.1, -0.05) is 19.8 Å². The molecule has 1 aromatic rings. The van der Waals surface area contributed by atoms with Gasteiger partial charge in [0.15, 0.2) is 0 Å². The van der Waals surface area contributed by atoms with Crippen LogP contribution in [-0.4, -0.2) is 6.10 Å². The van der Waals surface area contributed by atoms with Crippen LogP contribution in [-0.2, 0) is 0 Å². The third-order valence-corrected chi connectivity index (χ3v) is 3.51. The summed E-state index contributed by atoms with van der Waals surface area (Å²) in [5, 5.41) is 0. The zero-order valence-electron chi connectivity index (χ0n) is 10.3. The van der Waals surface area contributed by atoms with Gasteiger partial charge in [-0.2, -0.15) is 0 Å². The summed E-state index contributed by atoms with van der Waals surface area (Å²) < 4.78 is 19.0. The van der Waals surface area contributed by atoms with Crippen molar-refractivity contribution in [1.29, 1.82) is 0 Å². The van der Waals surface area contributed by atoms with Crippen LogP contribution in [0, 0.1) is 11.7 Å². The van der Waals surface area contributed by atoms with Crippen molar-refractivity contribution in [3.05, 3.63) is 24.0 Å². The molecule has 0 aliphatic heterocycles. The number of anilines is 1. The predicted octanol–water partition coefficient (Wildman–Crippen LogP) is 3.76. The number of rotatable bonds is 3. The van der Waals surface area contributed by atoms with E-state index in [2.05, 4.69) is 6.92 Å². The third-order valence-electron chi connectivity index (χ3n) is 3.51. The van der Waals surface area contributed by atoms with Crippen LogP contribution in [0.2, 0.25) is 0 Å². The lowest BCUT2D eigenvalue weighted by Gasteiger charge is -2.29. The van der Waals surface area contributed by atoms with Gasteiger partial charge in [0, 0.05) is 17.8 Å². The minimum Gasteiger partial charge on any atom is -0.490 e. The summed E-state index contributed by atoms with van der Waals surface area (Å²) >= 11 is 0. The van der Waals surface area contributed by atoms with Crippen molar-refractivity contribution in [2.45, 2.75) is 45.1 Å². The molecule has 1 aliphatic rings. The Balaban J connectivity index is 2.00. The second-order valence-corrected chi connectivity index (χ2v) is 4.90. The number of nitrogen functional groups attached to an aromatic ring is 1. The Morgan fingerprint density at radius 2 is 2.18 bits per heavy atom. The first-order valence-electron chi connectivity index (χ1n) is 6.40. The van der Waals surface area contributed by atoms with E-state index < -0.39 is 0 Å². The van der Waals surface area contributed by atoms with Crippen LogP contribution in [0.5, 0.6) is 5.75 Å². The van der Waals surface area contributed by atoms with Gasteiger partial charge in [0.05, 0.1) is 6.10 Å². The van der Waals surface area contributed by atoms with E-state index in [1.54, 1.807) is 6.07 Å². The van der Waals surface area contributed by atoms with Gasteiger partial charge < -0.3 is 10.5 Å². The first-order chi connectivity index (χ1) is 8.17. The lowest BCUT2D eigenvalue weighted by molar-refractivity contribution is 0.122. The Morgan fingerprint density at radius 1 is 1.35 bits per heavy atom. The molecule has 0 spiro atoms. The number of halogens is 1. The van der Waals surface area contributed by atoms with Crippen LogP contribution < -0.4 is 10.5 Å². The van der Waals surface area contributed by atoms with Gasteiger partial charge in [0.25, 0.3) is 0 Å². The van der Waals surface area contributed by atoms with E-state index in [0.717, 1.165) is 18.8 Å². The highest BCUT2D eigenvalue weighted by Gasteiger charge is 2.22. The van der Waals surface area contributed by atoms with Crippen LogP contribution in [0.4, 0.5) is 10.1 Å². The molecule has 2 rings (SSSR count). The topological polar surface area (TPSA) is 35.2 Å². The minimum atomic E-state index is -0.331. The average Bonchev–Trinajstić information content (AvgIpc) is 2.28. The molecule has 0 bridgehead atoms. The molecule has 0 amide bonds. The summed E-state index contributed by atoms with van der Waals surface area (Å²) in [5.74, 6) is 0.978. The Labute approximate surface area is 102 Å². The highest BCUT2D eigenvalue weighted by atomic mass is 19.1. The Kier molecular flexibility index (Phi) is 3.87. The zero-order valence-corrected chi connectivity index (χ0v) is 10.3. The van der Waals surface area contributed by atoms with Crippen molar-refractivity contribution in [3.63, 3.8) is 0 Å². The van der Waals surface area contributed by atoms with Gasteiger partial charge in [0.2, 0.25) is 0 Å². The Hall–Kier alpha value is -1.25. The maximum absolute atomic E-state index is 13.2. The maximum atomic E-state index is 13.2. The van der Waals surface area contributed by atoms with Gasteiger partial charge in [-0.15, -0.1) is 0 Å². The molecule has 2 nitrogen and oxygen atoms in total. The number of hydrogen-bond donors (Lipinski definition) is 1. The number of ether oxygens (including phenoxy) is 1. The van der Waals surface area contributed by atoms with Crippen molar-refractivity contribution >= 4 is 5.69 Å². The lowest BCUT2D eigenvalue weighted by Crippen LogP contribution is -2.25. The van der Waals surface area contributed by atoms with Crippen LogP contribution >= 0.6 is 0 Å². The Morgan fingerprint density at radius 3 is 2.88 bits per heavy atom. The van der Waals surface area contributed by atoms with Gasteiger partial charge in [-0.25, -0.2) is 4.39 Å². The van der Waals surface area contributed by atoms with E-state index in [1.165, 1.54) is 31.4 Å². The monoisotopic (exact) mass is 237 g/mol. The van der Waals surface area contributed by atoms with Crippen molar-refractivity contribution in [2.24, 2.45) is 5.92 Å². The molecule has 2 N–H and O–H groups in total.